The van der Waals surface area contributed by atoms with E-state index >= 15 is 0 Å². The van der Waals surface area contributed by atoms with Gasteiger partial charge < -0.3 is 29.8 Å². The molecule has 0 bridgehead atoms. The highest BCUT2D eigenvalue weighted by Gasteiger charge is 2.62. The van der Waals surface area contributed by atoms with Gasteiger partial charge >= 0.3 is 0 Å². The van der Waals surface area contributed by atoms with Crippen molar-refractivity contribution >= 4 is 23.4 Å². The fourth-order valence-corrected chi connectivity index (χ4v) is 4.25. The number of primary amides is 1. The van der Waals surface area contributed by atoms with Crippen LogP contribution < -0.4 is 20.7 Å². The summed E-state index contributed by atoms with van der Waals surface area (Å²) >= 11 is 0. The van der Waals surface area contributed by atoms with Crippen molar-refractivity contribution in [2.45, 2.75) is 37.6 Å². The monoisotopic (exact) mass is 461 g/mol. The van der Waals surface area contributed by atoms with Crippen molar-refractivity contribution in [2.75, 3.05) is 30.0 Å². The number of hydrogen-bond acceptors (Lipinski definition) is 8. The van der Waals surface area contributed by atoms with Gasteiger partial charge in [-0.15, -0.1) is 0 Å². The van der Waals surface area contributed by atoms with Crippen LogP contribution in [0.5, 0.6) is 5.75 Å². The fraction of sp³-hybridized carbons (Fsp3) is 0.429. The van der Waals surface area contributed by atoms with E-state index in [-0.39, 0.29) is 24.9 Å². The van der Waals surface area contributed by atoms with Gasteiger partial charge in [0.2, 0.25) is 5.91 Å². The lowest BCUT2D eigenvalue weighted by Gasteiger charge is -2.40. The fourth-order valence-electron chi connectivity index (χ4n) is 4.25. The summed E-state index contributed by atoms with van der Waals surface area (Å²) in [5.74, 6) is 1.93. The number of amides is 1. The first-order chi connectivity index (χ1) is 15.8. The van der Waals surface area contributed by atoms with E-state index in [0.717, 1.165) is 4.90 Å². The van der Waals surface area contributed by atoms with Crippen LogP contribution in [0.1, 0.15) is 6.92 Å². The van der Waals surface area contributed by atoms with E-state index in [1.165, 1.54) is 0 Å². The number of benzene rings is 1. The Bertz CT molecular complexity index is 1160. The molecule has 1 amide bonds. The topological polar surface area (TPSA) is 121 Å². The van der Waals surface area contributed by atoms with Crippen molar-refractivity contribution in [3.8, 4) is 17.1 Å². The van der Waals surface area contributed by atoms with Gasteiger partial charge in [-0.2, -0.15) is 0 Å². The van der Waals surface area contributed by atoms with Gasteiger partial charge in [-0.1, -0.05) is 0 Å². The van der Waals surface area contributed by atoms with Crippen LogP contribution in [-0.4, -0.2) is 65.3 Å². The summed E-state index contributed by atoms with van der Waals surface area (Å²) in [6.07, 6.45) is -1.22. The molecule has 174 valence electrons. The Morgan fingerprint density at radius 2 is 2.18 bits per heavy atom. The molecule has 2 saturated heterocycles. The number of carbonyl (C=O) groups is 1. The maximum atomic E-state index is 14.1. The molecule has 0 saturated carbocycles. The normalized spacial score (nSPS) is 21.3. The number of nitrogens with one attached hydrogen (secondary N) is 1. The first-order valence-electron chi connectivity index (χ1n) is 10.3. The average Bonchev–Trinajstić information content (AvgIpc) is 3.28. The second-order valence-electron chi connectivity index (χ2n) is 8.16. The van der Waals surface area contributed by atoms with Crippen molar-refractivity contribution in [3.63, 3.8) is 0 Å². The number of imidazole rings is 1. The zero-order valence-corrected chi connectivity index (χ0v) is 17.6. The molecular formula is C21H21F2N5O5. The summed E-state index contributed by atoms with van der Waals surface area (Å²) < 4.78 is 46.4. The van der Waals surface area contributed by atoms with Crippen LogP contribution >= 0.6 is 0 Å². The largest absolute Gasteiger partial charge is 0.491 e. The number of alkyl halides is 2. The van der Waals surface area contributed by atoms with Crippen LogP contribution in [-0.2, 0) is 25.6 Å². The third-order valence-electron chi connectivity index (χ3n) is 5.99. The van der Waals surface area contributed by atoms with Gasteiger partial charge in [0.1, 0.15) is 30.3 Å². The second-order valence-corrected chi connectivity index (χ2v) is 8.16. The van der Waals surface area contributed by atoms with Crippen LogP contribution in [0.3, 0.4) is 0 Å². The Morgan fingerprint density at radius 3 is 2.82 bits per heavy atom. The minimum absolute atomic E-state index is 0.0482. The van der Waals surface area contributed by atoms with Gasteiger partial charge in [-0.3, -0.25) is 9.69 Å². The molecule has 4 heterocycles. The predicted octanol–water partition coefficient (Wildman–Crippen LogP) is 1.14. The third kappa shape index (κ3) is 3.38. The van der Waals surface area contributed by atoms with Crippen molar-refractivity contribution in [2.24, 2.45) is 5.73 Å². The zero-order valence-electron chi connectivity index (χ0n) is 17.6. The summed E-state index contributed by atoms with van der Waals surface area (Å²) in [7, 11) is 0. The van der Waals surface area contributed by atoms with Crippen LogP contribution in [0.4, 0.5) is 20.3 Å². The number of anilines is 2. The van der Waals surface area contributed by atoms with Gasteiger partial charge in [0.25, 0.3) is 12.3 Å². The van der Waals surface area contributed by atoms with E-state index in [1.54, 1.807) is 41.8 Å². The molecule has 33 heavy (non-hydrogen) atoms. The van der Waals surface area contributed by atoms with Crippen LogP contribution in [0.25, 0.3) is 11.4 Å². The number of carbonyl (C=O) groups excluding carboxylic acids is 2. The van der Waals surface area contributed by atoms with E-state index in [4.69, 9.17) is 19.9 Å². The van der Waals surface area contributed by atoms with E-state index in [1.807, 2.05) is 0 Å². The lowest BCUT2D eigenvalue weighted by atomic mass is 9.92. The summed E-state index contributed by atoms with van der Waals surface area (Å²) in [4.78, 5) is 28.6. The Morgan fingerprint density at radius 1 is 1.39 bits per heavy atom. The predicted molar refractivity (Wildman–Crippen MR) is 112 cm³/mol. The van der Waals surface area contributed by atoms with E-state index in [0.29, 0.717) is 36.0 Å². The number of rotatable bonds is 5. The van der Waals surface area contributed by atoms with E-state index < -0.39 is 30.0 Å². The molecule has 2 fully saturated rings. The zero-order chi connectivity index (χ0) is 23.3. The van der Waals surface area contributed by atoms with Crippen molar-refractivity contribution < 1.29 is 32.6 Å². The van der Waals surface area contributed by atoms with Gasteiger partial charge in [0.15, 0.2) is 17.4 Å². The minimum atomic E-state index is -2.81. The number of hydrogen-bond donors (Lipinski definition) is 2. The van der Waals surface area contributed by atoms with Gasteiger partial charge in [0, 0.05) is 18.0 Å². The molecule has 3 aliphatic rings. The first kappa shape index (κ1) is 21.2. The van der Waals surface area contributed by atoms with Crippen LogP contribution in [0, 0.1) is 0 Å². The van der Waals surface area contributed by atoms with Crippen LogP contribution in [0.15, 0.2) is 30.3 Å². The molecule has 1 spiro atoms. The number of halogens is 2. The number of nitrogens with two attached hydrogens (primary N) is 1. The van der Waals surface area contributed by atoms with E-state index in [9.17, 15) is 18.4 Å². The molecule has 2 atom stereocenters. The minimum Gasteiger partial charge on any atom is -0.491 e. The molecule has 10 nitrogen and oxygen atoms in total. The standard InChI is InChI=1S/C21H21F2N5O5/c1-11(19(24)30)25-12-2-3-13-14(6-12)32-5-4-27-7-15(26-20(13)27)28-16(8-29)33-21(9-31-10-21)17(28)18(22)23/h2-3,6-7,11,17-18,25H,4-5,9-10H2,1H3,(H2,24,30)/t11-,17+/m0/s1. The van der Waals surface area contributed by atoms with E-state index in [2.05, 4.69) is 10.3 Å². The number of aromatic nitrogens is 2. The first-order valence-corrected chi connectivity index (χ1v) is 10.3. The van der Waals surface area contributed by atoms with Gasteiger partial charge in [0.05, 0.1) is 25.3 Å². The molecule has 12 heteroatoms. The quantitative estimate of drug-likeness (QED) is 0.636. The van der Waals surface area contributed by atoms with Gasteiger partial charge in [-0.25, -0.2) is 18.6 Å². The molecule has 5 rings (SSSR count). The smallest absolute Gasteiger partial charge is 0.285 e. The summed E-state index contributed by atoms with van der Waals surface area (Å²) in [5.41, 5.74) is 5.26. The van der Waals surface area contributed by atoms with Crippen molar-refractivity contribution in [3.05, 3.63) is 30.3 Å². The highest BCUT2D eigenvalue weighted by Crippen LogP contribution is 2.45. The van der Waals surface area contributed by atoms with Gasteiger partial charge in [-0.05, 0) is 19.1 Å². The number of fused-ring (bicyclic) bond motifs is 3. The third-order valence-corrected chi connectivity index (χ3v) is 5.99. The molecule has 2 aromatic rings. The maximum Gasteiger partial charge on any atom is 0.285 e. The lowest BCUT2D eigenvalue weighted by molar-refractivity contribution is -0.191. The Balaban J connectivity index is 1.53. The molecular weight excluding hydrogens is 440 g/mol. The highest BCUT2D eigenvalue weighted by molar-refractivity contribution is 5.83. The SMILES string of the molecule is C[C@H](Nc1ccc2c(c1)OCCn1cc(N3C(=C=O)OC4(COC4)[C@H]3C(F)F)nc1-2)C(N)=O. The average molecular weight is 461 g/mol. The second kappa shape index (κ2) is 7.75. The lowest BCUT2D eigenvalue weighted by Crippen LogP contribution is -2.61. The summed E-state index contributed by atoms with van der Waals surface area (Å²) in [6, 6.07) is 3.20. The molecule has 0 radical (unpaired) electrons. The highest BCUT2D eigenvalue weighted by atomic mass is 19.3. The molecule has 0 aliphatic carbocycles. The summed E-state index contributed by atoms with van der Waals surface area (Å²) in [5, 5.41) is 2.99. The number of ether oxygens (including phenoxy) is 3. The maximum absolute atomic E-state index is 14.1. The molecule has 3 N–H and O–H groups in total. The molecule has 1 aromatic heterocycles. The van der Waals surface area contributed by atoms with Crippen molar-refractivity contribution in [1.82, 2.24) is 9.55 Å². The number of nitrogens with zero attached hydrogens (tertiary/aromatic N) is 3. The summed E-state index contributed by atoms with van der Waals surface area (Å²) in [6.45, 7) is 2.25. The van der Waals surface area contributed by atoms with Crippen LogP contribution in [0.2, 0.25) is 0 Å². The van der Waals surface area contributed by atoms with Crippen molar-refractivity contribution in [1.29, 1.82) is 0 Å². The molecule has 3 aliphatic heterocycles. The molecule has 1 aromatic carbocycles. The Hall–Kier alpha value is -3.63. The Labute approximate surface area is 186 Å². The Kier molecular flexibility index (Phi) is 4.98. The molecule has 0 unspecified atom stereocenters.